The van der Waals surface area contributed by atoms with Crippen molar-refractivity contribution < 1.29 is 8.42 Å². The first-order valence-electron chi connectivity index (χ1n) is 5.99. The van der Waals surface area contributed by atoms with Crippen LogP contribution in [0.15, 0.2) is 18.5 Å². The SMILES string of the molecule is Cn1ccnc1-c1cc(N)n(C2CCS(=O)(=O)C2)n1. The fraction of sp³-hybridized carbons (Fsp3) is 0.455. The van der Waals surface area contributed by atoms with Crippen LogP contribution in [0.5, 0.6) is 0 Å². The molecule has 102 valence electrons. The summed E-state index contributed by atoms with van der Waals surface area (Å²) in [5.41, 5.74) is 6.60. The molecule has 0 amide bonds. The van der Waals surface area contributed by atoms with Gasteiger partial charge in [0.1, 0.15) is 11.5 Å². The molecule has 19 heavy (non-hydrogen) atoms. The number of anilines is 1. The third kappa shape index (κ3) is 2.12. The van der Waals surface area contributed by atoms with Gasteiger partial charge in [-0.3, -0.25) is 0 Å². The maximum atomic E-state index is 11.5. The van der Waals surface area contributed by atoms with Gasteiger partial charge in [0.15, 0.2) is 15.7 Å². The molecule has 1 unspecified atom stereocenters. The van der Waals surface area contributed by atoms with Crippen LogP contribution in [0.1, 0.15) is 12.5 Å². The standard InChI is InChI=1S/C11H15N5O2S/c1-15-4-3-13-11(15)9-6-10(12)16(14-9)8-2-5-19(17,18)7-8/h3-4,6,8H,2,5,7,12H2,1H3. The molecule has 3 rings (SSSR count). The number of aryl methyl sites for hydroxylation is 1. The molecule has 8 heteroatoms. The normalized spacial score (nSPS) is 21.8. The molecular formula is C11H15N5O2S. The highest BCUT2D eigenvalue weighted by molar-refractivity contribution is 7.91. The molecular weight excluding hydrogens is 266 g/mol. The quantitative estimate of drug-likeness (QED) is 0.849. The van der Waals surface area contributed by atoms with Crippen molar-refractivity contribution in [2.75, 3.05) is 17.2 Å². The Bertz CT molecular complexity index is 715. The molecule has 3 heterocycles. The number of aromatic nitrogens is 4. The minimum Gasteiger partial charge on any atom is -0.384 e. The molecule has 2 aromatic heterocycles. The van der Waals surface area contributed by atoms with Gasteiger partial charge in [-0.1, -0.05) is 0 Å². The summed E-state index contributed by atoms with van der Waals surface area (Å²) < 4.78 is 26.5. The molecule has 0 radical (unpaired) electrons. The number of hydrogen-bond donors (Lipinski definition) is 1. The molecule has 0 spiro atoms. The summed E-state index contributed by atoms with van der Waals surface area (Å²) in [6.45, 7) is 0. The Morgan fingerprint density at radius 3 is 2.84 bits per heavy atom. The van der Waals surface area contributed by atoms with E-state index in [2.05, 4.69) is 10.1 Å². The van der Waals surface area contributed by atoms with Gasteiger partial charge in [-0.15, -0.1) is 0 Å². The molecule has 7 nitrogen and oxygen atoms in total. The maximum absolute atomic E-state index is 11.5. The van der Waals surface area contributed by atoms with Gasteiger partial charge < -0.3 is 10.3 Å². The first-order chi connectivity index (χ1) is 8.96. The summed E-state index contributed by atoms with van der Waals surface area (Å²) in [7, 11) is -1.08. The minimum atomic E-state index is -2.95. The van der Waals surface area contributed by atoms with Crippen LogP contribution in [0.2, 0.25) is 0 Å². The summed E-state index contributed by atoms with van der Waals surface area (Å²) >= 11 is 0. The van der Waals surface area contributed by atoms with Crippen molar-refractivity contribution in [3.05, 3.63) is 18.5 Å². The zero-order chi connectivity index (χ0) is 13.6. The van der Waals surface area contributed by atoms with E-state index in [-0.39, 0.29) is 17.5 Å². The first-order valence-corrected chi connectivity index (χ1v) is 7.81. The summed E-state index contributed by atoms with van der Waals surface area (Å²) in [4.78, 5) is 4.21. The van der Waals surface area contributed by atoms with Crippen LogP contribution >= 0.6 is 0 Å². The van der Waals surface area contributed by atoms with Crippen LogP contribution < -0.4 is 5.73 Å². The number of nitrogens with two attached hydrogens (primary N) is 1. The van der Waals surface area contributed by atoms with Gasteiger partial charge in [0, 0.05) is 25.5 Å². The predicted octanol–water partition coefficient (Wildman–Crippen LogP) is 0.225. The number of nitrogen functional groups attached to an aromatic ring is 1. The Morgan fingerprint density at radius 2 is 2.26 bits per heavy atom. The van der Waals surface area contributed by atoms with Crippen molar-refractivity contribution >= 4 is 15.7 Å². The van der Waals surface area contributed by atoms with Crippen LogP contribution in [-0.2, 0) is 16.9 Å². The van der Waals surface area contributed by atoms with Crippen molar-refractivity contribution in [1.82, 2.24) is 19.3 Å². The average molecular weight is 281 g/mol. The number of sulfone groups is 1. The van der Waals surface area contributed by atoms with E-state index in [0.29, 0.717) is 23.8 Å². The molecule has 2 aromatic rings. The molecule has 1 atom stereocenters. The fourth-order valence-corrected chi connectivity index (χ4v) is 4.08. The molecule has 0 aliphatic carbocycles. The smallest absolute Gasteiger partial charge is 0.160 e. The highest BCUT2D eigenvalue weighted by atomic mass is 32.2. The average Bonchev–Trinajstić information content (AvgIpc) is 2.98. The fourth-order valence-electron chi connectivity index (χ4n) is 2.39. The van der Waals surface area contributed by atoms with Crippen molar-refractivity contribution in [3.63, 3.8) is 0 Å². The van der Waals surface area contributed by atoms with Gasteiger partial charge in [-0.2, -0.15) is 5.10 Å². The number of rotatable bonds is 2. The van der Waals surface area contributed by atoms with E-state index in [9.17, 15) is 8.42 Å². The highest BCUT2D eigenvalue weighted by Gasteiger charge is 2.31. The molecule has 1 aliphatic rings. The maximum Gasteiger partial charge on any atom is 0.160 e. The van der Waals surface area contributed by atoms with Crippen molar-refractivity contribution in [1.29, 1.82) is 0 Å². The van der Waals surface area contributed by atoms with E-state index >= 15 is 0 Å². The molecule has 1 saturated heterocycles. The summed E-state index contributed by atoms with van der Waals surface area (Å²) in [5.74, 6) is 1.50. The molecule has 0 saturated carbocycles. The van der Waals surface area contributed by atoms with Crippen molar-refractivity contribution in [2.24, 2.45) is 7.05 Å². The lowest BCUT2D eigenvalue weighted by atomic mass is 10.3. The van der Waals surface area contributed by atoms with E-state index in [1.54, 1.807) is 16.9 Å². The molecule has 2 N–H and O–H groups in total. The number of nitrogens with zero attached hydrogens (tertiary/aromatic N) is 4. The van der Waals surface area contributed by atoms with Crippen LogP contribution in [0.3, 0.4) is 0 Å². The zero-order valence-corrected chi connectivity index (χ0v) is 11.3. The number of imidazole rings is 1. The summed E-state index contributed by atoms with van der Waals surface area (Å²) in [6, 6.07) is 1.56. The Kier molecular flexibility index (Phi) is 2.63. The van der Waals surface area contributed by atoms with Gasteiger partial charge in [0.25, 0.3) is 0 Å². The highest BCUT2D eigenvalue weighted by Crippen LogP contribution is 2.28. The van der Waals surface area contributed by atoms with Gasteiger partial charge in [0.05, 0.1) is 17.5 Å². The second kappa shape index (κ2) is 4.09. The van der Waals surface area contributed by atoms with E-state index in [4.69, 9.17) is 5.73 Å². The topological polar surface area (TPSA) is 95.8 Å². The van der Waals surface area contributed by atoms with Crippen LogP contribution in [-0.4, -0.2) is 39.3 Å². The van der Waals surface area contributed by atoms with Crippen LogP contribution in [0, 0.1) is 0 Å². The van der Waals surface area contributed by atoms with Crippen LogP contribution in [0.4, 0.5) is 5.82 Å². The minimum absolute atomic E-state index is 0.110. The van der Waals surface area contributed by atoms with E-state index in [1.807, 2.05) is 17.8 Å². The lowest BCUT2D eigenvalue weighted by Crippen LogP contribution is -2.14. The second-order valence-electron chi connectivity index (χ2n) is 4.82. The Hall–Kier alpha value is -1.83. The van der Waals surface area contributed by atoms with Crippen molar-refractivity contribution in [2.45, 2.75) is 12.5 Å². The van der Waals surface area contributed by atoms with E-state index < -0.39 is 9.84 Å². The predicted molar refractivity (Wildman–Crippen MR) is 71.1 cm³/mol. The van der Waals surface area contributed by atoms with Crippen LogP contribution in [0.25, 0.3) is 11.5 Å². The Morgan fingerprint density at radius 1 is 1.47 bits per heavy atom. The van der Waals surface area contributed by atoms with Crippen molar-refractivity contribution in [3.8, 4) is 11.5 Å². The molecule has 1 fully saturated rings. The lowest BCUT2D eigenvalue weighted by molar-refractivity contribution is 0.507. The van der Waals surface area contributed by atoms with Gasteiger partial charge in [0.2, 0.25) is 0 Å². The first kappa shape index (κ1) is 12.2. The third-order valence-corrected chi connectivity index (χ3v) is 5.12. The second-order valence-corrected chi connectivity index (χ2v) is 7.05. The zero-order valence-electron chi connectivity index (χ0n) is 10.5. The van der Waals surface area contributed by atoms with E-state index in [1.165, 1.54) is 0 Å². The summed E-state index contributed by atoms with van der Waals surface area (Å²) in [5, 5.41) is 4.40. The summed E-state index contributed by atoms with van der Waals surface area (Å²) in [6.07, 6.45) is 4.07. The number of hydrogen-bond acceptors (Lipinski definition) is 5. The lowest BCUT2D eigenvalue weighted by Gasteiger charge is -2.09. The van der Waals surface area contributed by atoms with E-state index in [0.717, 1.165) is 0 Å². The van der Waals surface area contributed by atoms with Gasteiger partial charge in [-0.05, 0) is 6.42 Å². The molecule has 0 aromatic carbocycles. The Labute approximate surface area is 111 Å². The monoisotopic (exact) mass is 281 g/mol. The van der Waals surface area contributed by atoms with Gasteiger partial charge >= 0.3 is 0 Å². The molecule has 0 bridgehead atoms. The Balaban J connectivity index is 1.97. The molecule has 1 aliphatic heterocycles. The third-order valence-electron chi connectivity index (χ3n) is 3.37. The van der Waals surface area contributed by atoms with Gasteiger partial charge in [-0.25, -0.2) is 18.1 Å². The largest absolute Gasteiger partial charge is 0.384 e.